The molecule has 1 aliphatic rings. The first-order valence-corrected chi connectivity index (χ1v) is 7.44. The maximum absolute atomic E-state index is 14.0. The van der Waals surface area contributed by atoms with E-state index >= 15 is 0 Å². The zero-order chi connectivity index (χ0) is 16.2. The SMILES string of the molecule is CCOC(=O)c1ccc(NC2(C(=O)OCC)CCC2)cc1F. The van der Waals surface area contributed by atoms with Crippen LogP contribution >= 0.6 is 0 Å². The molecule has 6 heteroatoms. The molecule has 0 aliphatic heterocycles. The number of nitrogens with one attached hydrogen (secondary N) is 1. The topological polar surface area (TPSA) is 64.6 Å². The fourth-order valence-electron chi connectivity index (χ4n) is 2.42. The van der Waals surface area contributed by atoms with Crippen LogP contribution in [-0.4, -0.2) is 30.7 Å². The first-order valence-electron chi connectivity index (χ1n) is 7.44. The Bertz CT molecular complexity index is 569. The van der Waals surface area contributed by atoms with Gasteiger partial charge in [0.15, 0.2) is 0 Å². The largest absolute Gasteiger partial charge is 0.464 e. The molecule has 0 aromatic heterocycles. The second kappa shape index (κ2) is 6.77. The van der Waals surface area contributed by atoms with E-state index in [1.807, 2.05) is 0 Å². The second-order valence-electron chi connectivity index (χ2n) is 5.20. The highest BCUT2D eigenvalue weighted by atomic mass is 19.1. The molecule has 22 heavy (non-hydrogen) atoms. The van der Waals surface area contributed by atoms with E-state index in [9.17, 15) is 14.0 Å². The number of hydrogen-bond acceptors (Lipinski definition) is 5. The zero-order valence-electron chi connectivity index (χ0n) is 12.8. The van der Waals surface area contributed by atoms with Crippen molar-refractivity contribution in [2.24, 2.45) is 0 Å². The molecule has 1 N–H and O–H groups in total. The van der Waals surface area contributed by atoms with Crippen LogP contribution in [0.15, 0.2) is 18.2 Å². The Morgan fingerprint density at radius 1 is 1.23 bits per heavy atom. The maximum Gasteiger partial charge on any atom is 0.341 e. The molecule has 0 unspecified atom stereocenters. The average Bonchev–Trinajstić information content (AvgIpc) is 2.43. The molecule has 5 nitrogen and oxygen atoms in total. The van der Waals surface area contributed by atoms with E-state index in [1.165, 1.54) is 12.1 Å². The molecule has 0 radical (unpaired) electrons. The Morgan fingerprint density at radius 2 is 1.91 bits per heavy atom. The summed E-state index contributed by atoms with van der Waals surface area (Å²) in [4.78, 5) is 23.6. The van der Waals surface area contributed by atoms with Crippen molar-refractivity contribution in [1.82, 2.24) is 0 Å². The number of carbonyl (C=O) groups is 2. The minimum atomic E-state index is -0.784. The van der Waals surface area contributed by atoms with Crippen molar-refractivity contribution < 1.29 is 23.5 Å². The fourth-order valence-corrected chi connectivity index (χ4v) is 2.42. The summed E-state index contributed by atoms with van der Waals surface area (Å²) in [6, 6.07) is 4.12. The smallest absolute Gasteiger partial charge is 0.341 e. The quantitative estimate of drug-likeness (QED) is 0.819. The molecule has 1 fully saturated rings. The lowest BCUT2D eigenvalue weighted by Crippen LogP contribution is -2.53. The molecule has 120 valence electrons. The standard InChI is InChI=1S/C16H20FNO4/c1-3-21-14(19)12-7-6-11(10-13(12)17)18-16(8-5-9-16)15(20)22-4-2/h6-7,10,18H,3-5,8-9H2,1-2H3. The Morgan fingerprint density at radius 3 is 2.41 bits per heavy atom. The zero-order valence-corrected chi connectivity index (χ0v) is 12.8. The summed E-state index contributed by atoms with van der Waals surface area (Å²) in [7, 11) is 0. The van der Waals surface area contributed by atoms with Gasteiger partial charge in [-0.05, 0) is 51.3 Å². The molecule has 0 spiro atoms. The highest BCUT2D eigenvalue weighted by Crippen LogP contribution is 2.36. The van der Waals surface area contributed by atoms with Crippen LogP contribution in [0.3, 0.4) is 0 Å². The number of carbonyl (C=O) groups excluding carboxylic acids is 2. The van der Waals surface area contributed by atoms with Gasteiger partial charge in [-0.3, -0.25) is 0 Å². The van der Waals surface area contributed by atoms with Crippen molar-refractivity contribution in [3.63, 3.8) is 0 Å². The van der Waals surface area contributed by atoms with Crippen LogP contribution in [0.2, 0.25) is 0 Å². The third-order valence-corrected chi connectivity index (χ3v) is 3.72. The molecular formula is C16H20FNO4. The third-order valence-electron chi connectivity index (χ3n) is 3.72. The maximum atomic E-state index is 14.0. The van der Waals surface area contributed by atoms with E-state index in [4.69, 9.17) is 9.47 Å². The van der Waals surface area contributed by atoms with Gasteiger partial charge in [0.1, 0.15) is 11.4 Å². The molecular weight excluding hydrogens is 289 g/mol. The second-order valence-corrected chi connectivity index (χ2v) is 5.20. The normalized spacial score (nSPS) is 15.6. The van der Waals surface area contributed by atoms with E-state index < -0.39 is 17.3 Å². The summed E-state index contributed by atoms with van der Waals surface area (Å²) in [5, 5.41) is 3.05. The van der Waals surface area contributed by atoms with E-state index in [0.29, 0.717) is 25.1 Å². The highest BCUT2D eigenvalue weighted by Gasteiger charge is 2.45. The summed E-state index contributed by atoms with van der Waals surface area (Å²) in [6.45, 7) is 3.89. The Labute approximate surface area is 128 Å². The molecule has 1 saturated carbocycles. The van der Waals surface area contributed by atoms with E-state index in [-0.39, 0.29) is 18.1 Å². The molecule has 2 rings (SSSR count). The van der Waals surface area contributed by atoms with Crippen molar-refractivity contribution in [2.45, 2.75) is 38.6 Å². The van der Waals surface area contributed by atoms with Gasteiger partial charge in [-0.25, -0.2) is 14.0 Å². The van der Waals surface area contributed by atoms with Gasteiger partial charge in [0.2, 0.25) is 0 Å². The number of rotatable bonds is 6. The molecule has 0 heterocycles. The van der Waals surface area contributed by atoms with E-state index in [1.54, 1.807) is 19.9 Å². The highest BCUT2D eigenvalue weighted by molar-refractivity contribution is 5.90. The van der Waals surface area contributed by atoms with Crippen molar-refractivity contribution in [1.29, 1.82) is 0 Å². The summed E-state index contributed by atoms with van der Waals surface area (Å²) in [5.41, 5.74) is -0.460. The lowest BCUT2D eigenvalue weighted by Gasteiger charge is -2.40. The van der Waals surface area contributed by atoms with Crippen LogP contribution in [0.1, 0.15) is 43.5 Å². The molecule has 0 saturated heterocycles. The fraction of sp³-hybridized carbons (Fsp3) is 0.500. The summed E-state index contributed by atoms with van der Waals surface area (Å²) in [6.07, 6.45) is 2.20. The van der Waals surface area contributed by atoms with E-state index in [2.05, 4.69) is 5.32 Å². The first kappa shape index (κ1) is 16.3. The van der Waals surface area contributed by atoms with Crippen LogP contribution in [0.5, 0.6) is 0 Å². The summed E-state index contributed by atoms with van der Waals surface area (Å²) < 4.78 is 23.9. The lowest BCUT2D eigenvalue weighted by atomic mass is 9.76. The van der Waals surface area contributed by atoms with Gasteiger partial charge < -0.3 is 14.8 Å². The van der Waals surface area contributed by atoms with Crippen molar-refractivity contribution in [2.75, 3.05) is 18.5 Å². The Kier molecular flexibility index (Phi) is 5.00. The molecule has 1 aromatic rings. The number of ether oxygens (including phenoxy) is 2. The van der Waals surface area contributed by atoms with Crippen LogP contribution in [-0.2, 0) is 14.3 Å². The van der Waals surface area contributed by atoms with Crippen molar-refractivity contribution in [3.8, 4) is 0 Å². The van der Waals surface area contributed by atoms with Gasteiger partial charge in [-0.2, -0.15) is 0 Å². The van der Waals surface area contributed by atoms with Crippen molar-refractivity contribution >= 4 is 17.6 Å². The number of halogens is 1. The lowest BCUT2D eigenvalue weighted by molar-refractivity contribution is -0.151. The minimum Gasteiger partial charge on any atom is -0.464 e. The molecule has 0 amide bonds. The van der Waals surface area contributed by atoms with Crippen LogP contribution in [0, 0.1) is 5.82 Å². The van der Waals surface area contributed by atoms with E-state index in [0.717, 1.165) is 6.42 Å². The Balaban J connectivity index is 2.15. The van der Waals surface area contributed by atoms with Crippen molar-refractivity contribution in [3.05, 3.63) is 29.6 Å². The predicted molar refractivity (Wildman–Crippen MR) is 79.2 cm³/mol. The van der Waals surface area contributed by atoms with Crippen LogP contribution in [0.4, 0.5) is 10.1 Å². The van der Waals surface area contributed by atoms with Crippen LogP contribution in [0.25, 0.3) is 0 Å². The summed E-state index contributed by atoms with van der Waals surface area (Å²) >= 11 is 0. The number of anilines is 1. The van der Waals surface area contributed by atoms with Crippen LogP contribution < -0.4 is 5.32 Å². The van der Waals surface area contributed by atoms with Gasteiger partial charge in [0.25, 0.3) is 0 Å². The molecule has 0 atom stereocenters. The first-order chi connectivity index (χ1) is 10.5. The molecule has 1 aliphatic carbocycles. The summed E-state index contributed by atoms with van der Waals surface area (Å²) in [5.74, 6) is -1.70. The van der Waals surface area contributed by atoms with Gasteiger partial charge in [-0.15, -0.1) is 0 Å². The molecule has 0 bridgehead atoms. The van der Waals surface area contributed by atoms with Gasteiger partial charge in [-0.1, -0.05) is 0 Å². The number of esters is 2. The average molecular weight is 309 g/mol. The Hall–Kier alpha value is -2.11. The number of benzene rings is 1. The van der Waals surface area contributed by atoms with Gasteiger partial charge in [0, 0.05) is 5.69 Å². The predicted octanol–water partition coefficient (Wildman–Crippen LogP) is 2.90. The minimum absolute atomic E-state index is 0.119. The monoisotopic (exact) mass is 309 g/mol. The van der Waals surface area contributed by atoms with Gasteiger partial charge in [0.05, 0.1) is 18.8 Å². The third kappa shape index (κ3) is 3.21. The van der Waals surface area contributed by atoms with Gasteiger partial charge >= 0.3 is 11.9 Å². The number of hydrogen-bond donors (Lipinski definition) is 1. The molecule has 1 aromatic carbocycles.